The summed E-state index contributed by atoms with van der Waals surface area (Å²) in [5, 5.41) is 0.876. The smallest absolute Gasteiger partial charge is 0.106 e. The molecule has 6 nitrogen and oxygen atoms in total. The average Bonchev–Trinajstić information content (AvgIpc) is 2.83. The van der Waals surface area contributed by atoms with Gasteiger partial charge in [0.2, 0.25) is 0 Å². The Morgan fingerprint density at radius 1 is 0.971 bits per heavy atom. The van der Waals surface area contributed by atoms with Crippen LogP contribution in [0, 0.1) is 6.92 Å². The number of fused-ring (bicyclic) bond motifs is 1. The molecule has 2 heterocycles. The Labute approximate surface area is 208 Å². The number of aromatic nitrogens is 1. The van der Waals surface area contributed by atoms with Gasteiger partial charge < -0.3 is 0 Å². The minimum Gasteiger partial charge on any atom is -0.297 e. The van der Waals surface area contributed by atoms with Crippen molar-refractivity contribution in [2.45, 2.75) is 31.0 Å². The van der Waals surface area contributed by atoms with E-state index in [1.54, 1.807) is 12.3 Å². The number of likely N-dealkylation sites (tertiary alicyclic amines) is 1. The van der Waals surface area contributed by atoms with E-state index in [4.69, 9.17) is 0 Å². The molecule has 0 bridgehead atoms. The van der Waals surface area contributed by atoms with E-state index in [0.29, 0.717) is 22.1 Å². The van der Waals surface area contributed by atoms with E-state index in [9.17, 15) is 9.11 Å². The molecule has 3 N–H and O–H groups in total. The van der Waals surface area contributed by atoms with Crippen molar-refractivity contribution in [2.75, 3.05) is 24.9 Å². The summed E-state index contributed by atoms with van der Waals surface area (Å²) in [6.45, 7) is 5.96. The van der Waals surface area contributed by atoms with Crippen molar-refractivity contribution in [3.8, 4) is 0 Å². The third-order valence-electron chi connectivity index (χ3n) is 6.69. The van der Waals surface area contributed by atoms with Crippen molar-refractivity contribution in [3.05, 3.63) is 102 Å². The second kappa shape index (κ2) is 9.97. The van der Waals surface area contributed by atoms with Crippen molar-refractivity contribution in [1.82, 2.24) is 14.8 Å². The predicted molar refractivity (Wildman–Crippen MR) is 145 cm³/mol. The maximum Gasteiger partial charge on any atom is 0.106 e. The molecule has 1 aliphatic rings. The molecule has 182 valence electrons. The van der Waals surface area contributed by atoms with Crippen LogP contribution in [0.25, 0.3) is 10.9 Å². The molecule has 0 spiro atoms. The Hall–Kier alpha value is -2.94. The molecular formula is C28H32N4O2S. The van der Waals surface area contributed by atoms with Crippen LogP contribution in [0.5, 0.6) is 0 Å². The van der Waals surface area contributed by atoms with Gasteiger partial charge >= 0.3 is 0 Å². The SMILES string of the molecule is Cc1cc(CN2CC(N(C)Cc3ccccc3)C2)ccc1NS(O)(O)c1cccc2cccnc12. The van der Waals surface area contributed by atoms with Crippen LogP contribution in [-0.2, 0) is 13.1 Å². The fourth-order valence-electron chi connectivity index (χ4n) is 4.66. The summed E-state index contributed by atoms with van der Waals surface area (Å²) in [4.78, 5) is 9.65. The summed E-state index contributed by atoms with van der Waals surface area (Å²) >= 11 is 0. The third-order valence-corrected chi connectivity index (χ3v) is 8.13. The Morgan fingerprint density at radius 3 is 2.51 bits per heavy atom. The van der Waals surface area contributed by atoms with E-state index in [1.165, 1.54) is 11.1 Å². The highest BCUT2D eigenvalue weighted by atomic mass is 32.3. The highest BCUT2D eigenvalue weighted by Gasteiger charge is 2.30. The second-order valence-electron chi connectivity index (χ2n) is 9.38. The van der Waals surface area contributed by atoms with E-state index in [-0.39, 0.29) is 0 Å². The number of nitrogens with zero attached hydrogens (tertiary/aromatic N) is 3. The molecule has 0 aliphatic carbocycles. The van der Waals surface area contributed by atoms with Crippen molar-refractivity contribution in [1.29, 1.82) is 0 Å². The van der Waals surface area contributed by atoms with Gasteiger partial charge in [-0.3, -0.25) is 28.6 Å². The average molecular weight is 489 g/mol. The third kappa shape index (κ3) is 5.34. The number of benzene rings is 3. The fraction of sp³-hybridized carbons (Fsp3) is 0.250. The lowest BCUT2D eigenvalue weighted by Gasteiger charge is -2.44. The molecule has 1 aliphatic heterocycles. The Kier molecular flexibility index (Phi) is 6.77. The number of hydrogen-bond acceptors (Lipinski definition) is 6. The monoisotopic (exact) mass is 488 g/mol. The lowest BCUT2D eigenvalue weighted by Crippen LogP contribution is -2.57. The van der Waals surface area contributed by atoms with Gasteiger partial charge in [0.25, 0.3) is 0 Å². The first kappa shape index (κ1) is 23.8. The summed E-state index contributed by atoms with van der Waals surface area (Å²) in [7, 11) is -1.07. The molecule has 1 aromatic heterocycles. The van der Waals surface area contributed by atoms with Gasteiger partial charge in [-0.25, -0.2) is 0 Å². The molecule has 0 radical (unpaired) electrons. The van der Waals surface area contributed by atoms with Gasteiger partial charge in [-0.2, -0.15) is 0 Å². The zero-order chi connectivity index (χ0) is 24.4. The largest absolute Gasteiger partial charge is 0.297 e. The molecule has 1 saturated heterocycles. The quantitative estimate of drug-likeness (QED) is 0.283. The molecule has 0 saturated carbocycles. The van der Waals surface area contributed by atoms with Crippen LogP contribution in [0.1, 0.15) is 16.7 Å². The highest BCUT2D eigenvalue weighted by molar-refractivity contribution is 8.25. The number of para-hydroxylation sites is 1. The summed E-state index contributed by atoms with van der Waals surface area (Å²) in [6, 6.07) is 26.5. The molecule has 7 heteroatoms. The Morgan fingerprint density at radius 2 is 1.74 bits per heavy atom. The Bertz CT molecular complexity index is 1300. The topological polar surface area (TPSA) is 71.9 Å². The van der Waals surface area contributed by atoms with Gasteiger partial charge in [-0.05, 0) is 48.9 Å². The first-order chi connectivity index (χ1) is 16.9. The molecular weight excluding hydrogens is 456 g/mol. The maximum absolute atomic E-state index is 11.0. The van der Waals surface area contributed by atoms with E-state index >= 15 is 0 Å². The first-order valence-corrected chi connectivity index (χ1v) is 13.4. The summed E-state index contributed by atoms with van der Waals surface area (Å²) in [6.07, 6.45) is 1.67. The van der Waals surface area contributed by atoms with Crippen molar-refractivity contribution < 1.29 is 9.11 Å². The van der Waals surface area contributed by atoms with Crippen LogP contribution in [0.2, 0.25) is 0 Å². The van der Waals surface area contributed by atoms with Crippen LogP contribution in [0.3, 0.4) is 0 Å². The fourth-order valence-corrected chi connectivity index (χ4v) is 6.02. The molecule has 3 aromatic carbocycles. The van der Waals surface area contributed by atoms with Gasteiger partial charge in [-0.15, -0.1) is 0 Å². The number of aryl methyl sites for hydroxylation is 1. The van der Waals surface area contributed by atoms with Crippen LogP contribution in [-0.4, -0.2) is 50.1 Å². The van der Waals surface area contributed by atoms with Crippen LogP contribution in [0.4, 0.5) is 5.69 Å². The van der Waals surface area contributed by atoms with Crippen molar-refractivity contribution in [3.63, 3.8) is 0 Å². The zero-order valence-corrected chi connectivity index (χ0v) is 20.9. The summed E-state index contributed by atoms with van der Waals surface area (Å²) in [5.74, 6) is 0. The van der Waals surface area contributed by atoms with E-state index in [1.807, 2.05) is 37.3 Å². The lowest BCUT2D eigenvalue weighted by molar-refractivity contribution is 0.0394. The first-order valence-electron chi connectivity index (χ1n) is 11.8. The van der Waals surface area contributed by atoms with Crippen LogP contribution < -0.4 is 4.72 Å². The van der Waals surface area contributed by atoms with E-state index < -0.39 is 10.8 Å². The molecule has 0 atom stereocenters. The number of likely N-dealkylation sites (N-methyl/N-ethyl adjacent to an activating group) is 1. The standard InChI is InChI=1S/C28H32N4O2S/c1-21-16-23(18-32-19-25(20-32)31(2)17-22-8-4-3-5-9-22)13-14-26(21)30-35(33,34)27-12-6-10-24-11-7-15-29-28(24)27/h3-16,25,30,33-34H,17-20H2,1-2H3. The highest BCUT2D eigenvalue weighted by Crippen LogP contribution is 2.50. The Balaban J connectivity index is 1.20. The van der Waals surface area contributed by atoms with Crippen LogP contribution in [0.15, 0.2) is 90.0 Å². The minimum atomic E-state index is -3.26. The molecule has 4 aromatic rings. The minimum absolute atomic E-state index is 0.408. The van der Waals surface area contributed by atoms with Gasteiger partial charge in [0.1, 0.15) is 4.90 Å². The molecule has 35 heavy (non-hydrogen) atoms. The molecule has 1 fully saturated rings. The van der Waals surface area contributed by atoms with E-state index in [0.717, 1.165) is 37.1 Å². The van der Waals surface area contributed by atoms with E-state index in [2.05, 4.69) is 69.0 Å². The van der Waals surface area contributed by atoms with Gasteiger partial charge in [0.05, 0.1) is 11.2 Å². The number of nitrogens with one attached hydrogen (secondary N) is 1. The predicted octanol–water partition coefficient (Wildman–Crippen LogP) is 6.00. The molecule has 0 unspecified atom stereocenters. The second-order valence-corrected chi connectivity index (χ2v) is 11.1. The maximum atomic E-state index is 11.0. The molecule has 0 amide bonds. The number of hydrogen-bond donors (Lipinski definition) is 3. The van der Waals surface area contributed by atoms with Gasteiger partial charge in [0.15, 0.2) is 0 Å². The number of anilines is 1. The van der Waals surface area contributed by atoms with Crippen LogP contribution >= 0.6 is 10.8 Å². The summed E-state index contributed by atoms with van der Waals surface area (Å²) < 4.78 is 25.0. The number of pyridine rings is 1. The lowest BCUT2D eigenvalue weighted by atomic mass is 10.0. The zero-order valence-electron chi connectivity index (χ0n) is 20.1. The van der Waals surface area contributed by atoms with Gasteiger partial charge in [0, 0.05) is 43.8 Å². The number of rotatable bonds is 8. The van der Waals surface area contributed by atoms with Crippen molar-refractivity contribution in [2.24, 2.45) is 0 Å². The van der Waals surface area contributed by atoms with Crippen molar-refractivity contribution >= 4 is 27.4 Å². The normalized spacial score (nSPS) is 15.3. The molecule has 5 rings (SSSR count). The van der Waals surface area contributed by atoms with Gasteiger partial charge in [-0.1, -0.05) is 71.4 Å². The summed E-state index contributed by atoms with van der Waals surface area (Å²) in [5.41, 5.74) is 4.86.